The van der Waals surface area contributed by atoms with E-state index in [-0.39, 0.29) is 12.5 Å². The molecule has 1 aliphatic heterocycles. The third-order valence-corrected chi connectivity index (χ3v) is 14.5. The molecule has 0 bridgehead atoms. The van der Waals surface area contributed by atoms with Crippen LogP contribution in [0.5, 0.6) is 0 Å². The van der Waals surface area contributed by atoms with E-state index in [0.717, 1.165) is 89.9 Å². The molecular weight excluding hydrogens is 935 g/mol. The number of hydrogen-bond acceptors (Lipinski definition) is 8. The van der Waals surface area contributed by atoms with Crippen LogP contribution in [0.1, 0.15) is 271 Å². The molecule has 75 heavy (non-hydrogen) atoms. The molecule has 7 atom stereocenters. The van der Waals surface area contributed by atoms with E-state index in [0.29, 0.717) is 6.42 Å². The molecule has 0 spiro atoms. The maximum Gasteiger partial charge on any atom is 0.220 e. The highest BCUT2D eigenvalue weighted by molar-refractivity contribution is 5.76. The number of aliphatic hydroxyl groups is 5. The van der Waals surface area contributed by atoms with Crippen molar-refractivity contribution in [2.75, 3.05) is 13.2 Å². The zero-order chi connectivity index (χ0) is 54.3. The average molecular weight is 1050 g/mol. The Morgan fingerprint density at radius 1 is 0.467 bits per heavy atom. The van der Waals surface area contributed by atoms with E-state index in [1.807, 2.05) is 6.08 Å². The SMILES string of the molecule is CC/C=C\C/C=C\C/C=C\C/C=C\C/C=C\C/C=C\CCCCCCC(=O)NC(COC1OC(CO)C(O)C(O)C1O)C(O)/C=C/CCCCCCCCCCCCCCCCCCCCCCCCCCCCC. The average Bonchev–Trinajstić information content (AvgIpc) is 3.41. The van der Waals surface area contributed by atoms with Gasteiger partial charge in [-0.3, -0.25) is 4.79 Å². The summed E-state index contributed by atoms with van der Waals surface area (Å²) in [6.45, 7) is 3.67. The summed E-state index contributed by atoms with van der Waals surface area (Å²) in [6.07, 6.45) is 70.9. The van der Waals surface area contributed by atoms with Gasteiger partial charge in [-0.05, 0) is 70.6 Å². The number of carbonyl (C=O) groups excluding carboxylic acids is 1. The lowest BCUT2D eigenvalue weighted by Gasteiger charge is -2.40. The highest BCUT2D eigenvalue weighted by atomic mass is 16.7. The molecule has 0 aromatic heterocycles. The molecule has 1 fully saturated rings. The number of ether oxygens (including phenoxy) is 2. The first-order valence-electron chi connectivity index (χ1n) is 31.3. The minimum absolute atomic E-state index is 0.201. The van der Waals surface area contributed by atoms with Crippen molar-refractivity contribution in [2.45, 2.75) is 314 Å². The molecule has 1 saturated heterocycles. The Bertz CT molecular complexity index is 1450. The molecule has 0 saturated carbocycles. The molecule has 1 rings (SSSR count). The fraction of sp³-hybridized carbons (Fsp3) is 0.773. The molecule has 1 amide bonds. The third-order valence-electron chi connectivity index (χ3n) is 14.5. The lowest BCUT2D eigenvalue weighted by Crippen LogP contribution is -2.60. The maximum atomic E-state index is 13.1. The first kappa shape index (κ1) is 70.4. The molecule has 434 valence electrons. The molecule has 0 aromatic rings. The maximum absolute atomic E-state index is 13.1. The van der Waals surface area contributed by atoms with E-state index >= 15 is 0 Å². The fourth-order valence-electron chi connectivity index (χ4n) is 9.57. The summed E-state index contributed by atoms with van der Waals surface area (Å²) in [7, 11) is 0. The molecule has 1 heterocycles. The first-order valence-corrected chi connectivity index (χ1v) is 31.3. The molecule has 6 N–H and O–H groups in total. The Hall–Kier alpha value is -2.63. The molecule has 9 heteroatoms. The summed E-state index contributed by atoms with van der Waals surface area (Å²) in [5, 5.41) is 54.6. The second-order valence-electron chi connectivity index (χ2n) is 21.5. The number of hydrogen-bond donors (Lipinski definition) is 6. The van der Waals surface area contributed by atoms with Crippen LogP contribution in [-0.4, -0.2) is 87.5 Å². The van der Waals surface area contributed by atoms with Crippen LogP contribution in [0.25, 0.3) is 0 Å². The fourth-order valence-corrected chi connectivity index (χ4v) is 9.57. The molecule has 9 nitrogen and oxygen atoms in total. The van der Waals surface area contributed by atoms with E-state index in [2.05, 4.69) is 92.1 Å². The Labute approximate surface area is 461 Å². The van der Waals surface area contributed by atoms with Gasteiger partial charge in [0.1, 0.15) is 24.4 Å². The van der Waals surface area contributed by atoms with Crippen LogP contribution in [0, 0.1) is 0 Å². The van der Waals surface area contributed by atoms with Gasteiger partial charge in [-0.15, -0.1) is 0 Å². The van der Waals surface area contributed by atoms with E-state index in [9.17, 15) is 30.3 Å². The number of unbranched alkanes of at least 4 members (excludes halogenated alkanes) is 31. The van der Waals surface area contributed by atoms with Crippen LogP contribution in [0.15, 0.2) is 85.1 Å². The van der Waals surface area contributed by atoms with Gasteiger partial charge in [0.25, 0.3) is 0 Å². The van der Waals surface area contributed by atoms with Gasteiger partial charge in [-0.1, -0.05) is 279 Å². The lowest BCUT2D eigenvalue weighted by atomic mass is 9.99. The highest BCUT2D eigenvalue weighted by Crippen LogP contribution is 2.23. The number of aliphatic hydroxyl groups excluding tert-OH is 5. The molecule has 0 aliphatic carbocycles. The summed E-state index contributed by atoms with van der Waals surface area (Å²) in [4.78, 5) is 13.1. The molecule has 7 unspecified atom stereocenters. The van der Waals surface area contributed by atoms with E-state index in [1.165, 1.54) is 161 Å². The highest BCUT2D eigenvalue weighted by Gasteiger charge is 2.44. The normalized spacial score (nSPS) is 19.5. The van der Waals surface area contributed by atoms with Crippen molar-refractivity contribution >= 4 is 5.91 Å². The van der Waals surface area contributed by atoms with Crippen LogP contribution < -0.4 is 5.32 Å². The van der Waals surface area contributed by atoms with Gasteiger partial charge in [0.2, 0.25) is 5.91 Å². The number of carbonyl (C=O) groups is 1. The van der Waals surface area contributed by atoms with Crippen molar-refractivity contribution in [3.05, 3.63) is 85.1 Å². The van der Waals surface area contributed by atoms with Crippen LogP contribution in [0.2, 0.25) is 0 Å². The van der Waals surface area contributed by atoms with Gasteiger partial charge in [-0.25, -0.2) is 0 Å². The van der Waals surface area contributed by atoms with Gasteiger partial charge in [0, 0.05) is 6.42 Å². The van der Waals surface area contributed by atoms with Crippen LogP contribution in [-0.2, 0) is 14.3 Å². The summed E-state index contributed by atoms with van der Waals surface area (Å²) >= 11 is 0. The van der Waals surface area contributed by atoms with Crippen molar-refractivity contribution in [3.63, 3.8) is 0 Å². The van der Waals surface area contributed by atoms with E-state index < -0.39 is 49.5 Å². The Morgan fingerprint density at radius 3 is 1.23 bits per heavy atom. The largest absolute Gasteiger partial charge is 0.394 e. The molecule has 0 aromatic carbocycles. The van der Waals surface area contributed by atoms with Crippen molar-refractivity contribution in [1.82, 2.24) is 5.32 Å². The van der Waals surface area contributed by atoms with Crippen molar-refractivity contribution < 1.29 is 39.8 Å². The number of allylic oxidation sites excluding steroid dienone is 13. The van der Waals surface area contributed by atoms with E-state index in [1.54, 1.807) is 6.08 Å². The minimum Gasteiger partial charge on any atom is -0.394 e. The summed E-state index contributed by atoms with van der Waals surface area (Å²) < 4.78 is 11.3. The second-order valence-corrected chi connectivity index (χ2v) is 21.5. The van der Waals surface area contributed by atoms with Crippen molar-refractivity contribution in [3.8, 4) is 0 Å². The van der Waals surface area contributed by atoms with E-state index in [4.69, 9.17) is 9.47 Å². The van der Waals surface area contributed by atoms with Crippen LogP contribution in [0.4, 0.5) is 0 Å². The standard InChI is InChI=1S/C66H117NO8/c1-3-5-7-9-11-13-15-17-19-21-23-25-27-28-29-30-31-32-34-35-37-39-41-43-45-47-49-51-53-55-60(69)59(58-74-66-65(73)64(72)63(71)61(57-68)75-66)67-62(70)56-54-52-50-48-46-44-42-40-38-36-33-26-24-22-20-18-16-14-12-10-8-6-4-2/h6,8,12,14,18,20,24,26,36,38,42,44,53,55,59-61,63-66,68-69,71-73H,3-5,7,9-11,13,15-17,19,21-23,25,27-35,37,39-41,43,45-52,54,56-58H2,1-2H3,(H,67,70)/b8-6-,14-12-,20-18-,26-24-,38-36-,44-42-,55-53+. The smallest absolute Gasteiger partial charge is 0.220 e. The minimum atomic E-state index is -1.58. The Balaban J connectivity index is 2.22. The summed E-state index contributed by atoms with van der Waals surface area (Å²) in [5.74, 6) is -0.201. The summed E-state index contributed by atoms with van der Waals surface area (Å²) in [6, 6.07) is -0.826. The molecule has 0 radical (unpaired) electrons. The summed E-state index contributed by atoms with van der Waals surface area (Å²) in [5.41, 5.74) is 0. The Morgan fingerprint density at radius 2 is 0.827 bits per heavy atom. The zero-order valence-corrected chi connectivity index (χ0v) is 48.3. The Kier molecular flexibility index (Phi) is 51.3. The quantitative estimate of drug-likeness (QED) is 0.0261. The van der Waals surface area contributed by atoms with Crippen molar-refractivity contribution in [1.29, 1.82) is 0 Å². The number of amides is 1. The van der Waals surface area contributed by atoms with Gasteiger partial charge in [0.05, 0.1) is 25.4 Å². The van der Waals surface area contributed by atoms with Gasteiger partial charge < -0.3 is 40.3 Å². The third kappa shape index (κ3) is 44.0. The lowest BCUT2D eigenvalue weighted by molar-refractivity contribution is -0.302. The second kappa shape index (κ2) is 54.7. The monoisotopic (exact) mass is 1050 g/mol. The number of rotatable bonds is 53. The van der Waals surface area contributed by atoms with Crippen LogP contribution >= 0.6 is 0 Å². The molecule has 1 aliphatic rings. The van der Waals surface area contributed by atoms with Crippen LogP contribution in [0.3, 0.4) is 0 Å². The van der Waals surface area contributed by atoms with Gasteiger partial charge in [-0.2, -0.15) is 0 Å². The number of nitrogens with one attached hydrogen (secondary N) is 1. The van der Waals surface area contributed by atoms with Crippen molar-refractivity contribution in [2.24, 2.45) is 0 Å². The predicted molar refractivity (Wildman–Crippen MR) is 318 cm³/mol. The zero-order valence-electron chi connectivity index (χ0n) is 48.3. The topological polar surface area (TPSA) is 149 Å². The molecular formula is C66H117NO8. The van der Waals surface area contributed by atoms with Gasteiger partial charge in [0.15, 0.2) is 6.29 Å². The first-order chi connectivity index (χ1) is 36.8. The van der Waals surface area contributed by atoms with Gasteiger partial charge >= 0.3 is 0 Å². The predicted octanol–water partition coefficient (Wildman–Crippen LogP) is 16.2.